The smallest absolute Gasteiger partial charge is 0.320 e. The fourth-order valence-corrected chi connectivity index (χ4v) is 3.45. The normalized spacial score (nSPS) is 25.5. The number of aliphatic hydroxyl groups is 1. The summed E-state index contributed by atoms with van der Waals surface area (Å²) in [5.41, 5.74) is 2.52. The van der Waals surface area contributed by atoms with Gasteiger partial charge in [0.15, 0.2) is 0 Å². The molecule has 1 N–H and O–H groups in total. The Morgan fingerprint density at radius 3 is 2.52 bits per heavy atom. The van der Waals surface area contributed by atoms with Gasteiger partial charge < -0.3 is 19.6 Å². The Hall–Kier alpha value is -1.59. The van der Waals surface area contributed by atoms with Crippen LogP contribution in [0.1, 0.15) is 30.4 Å². The number of morpholine rings is 1. The van der Waals surface area contributed by atoms with Crippen molar-refractivity contribution in [1.82, 2.24) is 9.80 Å². The molecule has 2 aliphatic heterocycles. The molecule has 2 atom stereocenters. The molecule has 23 heavy (non-hydrogen) atoms. The highest BCUT2D eigenvalue weighted by Crippen LogP contribution is 2.28. The van der Waals surface area contributed by atoms with Crippen LogP contribution in [0.25, 0.3) is 0 Å². The van der Waals surface area contributed by atoms with E-state index >= 15 is 0 Å². The van der Waals surface area contributed by atoms with Crippen LogP contribution in [0, 0.1) is 0 Å². The maximum Gasteiger partial charge on any atom is 0.320 e. The van der Waals surface area contributed by atoms with Crippen LogP contribution in [0.15, 0.2) is 24.3 Å². The summed E-state index contributed by atoms with van der Waals surface area (Å²) in [5, 5.41) is 10.2. The van der Waals surface area contributed by atoms with E-state index in [1.54, 1.807) is 4.90 Å². The third kappa shape index (κ3) is 3.85. The van der Waals surface area contributed by atoms with Gasteiger partial charge in [-0.2, -0.15) is 0 Å². The number of hydrogen-bond acceptors (Lipinski definition) is 3. The number of carbonyl (C=O) groups is 1. The standard InChI is InChI=1S/C18H26N2O3/c1-2-14-3-5-15(6-4-14)16-11-17(21)13-20(12-16)18(22)19-7-9-23-10-8-19/h3-6,16-17,21H,2,7-13H2,1H3. The number of likely N-dealkylation sites (tertiary alicyclic amines) is 1. The Morgan fingerprint density at radius 2 is 1.87 bits per heavy atom. The quantitative estimate of drug-likeness (QED) is 0.905. The highest BCUT2D eigenvalue weighted by Gasteiger charge is 2.32. The van der Waals surface area contributed by atoms with Gasteiger partial charge in [-0.15, -0.1) is 0 Å². The van der Waals surface area contributed by atoms with Gasteiger partial charge in [0.05, 0.1) is 19.3 Å². The van der Waals surface area contributed by atoms with Crippen LogP contribution in [0.5, 0.6) is 0 Å². The molecule has 2 amide bonds. The Morgan fingerprint density at radius 1 is 1.17 bits per heavy atom. The molecule has 0 aromatic heterocycles. The van der Waals surface area contributed by atoms with Crippen LogP contribution in [-0.2, 0) is 11.2 Å². The second kappa shape index (κ2) is 7.32. The van der Waals surface area contributed by atoms with E-state index in [2.05, 4.69) is 31.2 Å². The van der Waals surface area contributed by atoms with Crippen LogP contribution in [-0.4, -0.2) is 66.4 Å². The molecule has 126 valence electrons. The predicted octanol–water partition coefficient (Wildman–Crippen LogP) is 1.85. The zero-order valence-electron chi connectivity index (χ0n) is 13.8. The van der Waals surface area contributed by atoms with Gasteiger partial charge in [-0.3, -0.25) is 0 Å². The van der Waals surface area contributed by atoms with E-state index in [1.165, 1.54) is 11.1 Å². The topological polar surface area (TPSA) is 53.0 Å². The van der Waals surface area contributed by atoms with E-state index in [-0.39, 0.29) is 11.9 Å². The summed E-state index contributed by atoms with van der Waals surface area (Å²) < 4.78 is 5.31. The number of hydrogen-bond donors (Lipinski definition) is 1. The summed E-state index contributed by atoms with van der Waals surface area (Å²) in [5.74, 6) is 0.203. The number of ether oxygens (including phenoxy) is 1. The zero-order chi connectivity index (χ0) is 16.2. The Kier molecular flexibility index (Phi) is 5.18. The first kappa shape index (κ1) is 16.3. The first-order chi connectivity index (χ1) is 11.2. The van der Waals surface area contributed by atoms with Crippen molar-refractivity contribution in [1.29, 1.82) is 0 Å². The number of aliphatic hydroxyl groups excluding tert-OH is 1. The number of piperidine rings is 1. The van der Waals surface area contributed by atoms with Crippen molar-refractivity contribution in [2.75, 3.05) is 39.4 Å². The van der Waals surface area contributed by atoms with E-state index in [0.29, 0.717) is 39.4 Å². The van der Waals surface area contributed by atoms with Crippen LogP contribution in [0.3, 0.4) is 0 Å². The second-order valence-corrected chi connectivity index (χ2v) is 6.47. The van der Waals surface area contributed by atoms with E-state index < -0.39 is 6.10 Å². The minimum atomic E-state index is -0.454. The molecule has 2 saturated heterocycles. The van der Waals surface area contributed by atoms with Crippen molar-refractivity contribution < 1.29 is 14.6 Å². The molecule has 2 unspecified atom stereocenters. The number of benzene rings is 1. The molecule has 2 aliphatic rings. The van der Waals surface area contributed by atoms with E-state index in [9.17, 15) is 9.90 Å². The van der Waals surface area contributed by atoms with Crippen molar-refractivity contribution in [3.05, 3.63) is 35.4 Å². The van der Waals surface area contributed by atoms with Crippen LogP contribution >= 0.6 is 0 Å². The third-order valence-corrected chi connectivity index (χ3v) is 4.84. The van der Waals surface area contributed by atoms with Crippen molar-refractivity contribution in [3.8, 4) is 0 Å². The number of amides is 2. The first-order valence-corrected chi connectivity index (χ1v) is 8.56. The number of carbonyl (C=O) groups excluding carboxylic acids is 1. The molecule has 1 aromatic rings. The Balaban J connectivity index is 1.69. The van der Waals surface area contributed by atoms with Gasteiger partial charge in [0.2, 0.25) is 0 Å². The molecule has 0 aliphatic carbocycles. The van der Waals surface area contributed by atoms with Gasteiger partial charge in [-0.1, -0.05) is 31.2 Å². The molecule has 0 radical (unpaired) electrons. The molecule has 5 heteroatoms. The minimum Gasteiger partial charge on any atom is -0.391 e. The maximum atomic E-state index is 12.7. The van der Waals surface area contributed by atoms with Crippen LogP contribution in [0.2, 0.25) is 0 Å². The van der Waals surface area contributed by atoms with Crippen molar-refractivity contribution in [2.24, 2.45) is 0 Å². The van der Waals surface area contributed by atoms with Crippen molar-refractivity contribution in [3.63, 3.8) is 0 Å². The number of nitrogens with zero attached hydrogens (tertiary/aromatic N) is 2. The minimum absolute atomic E-state index is 0.0298. The molecule has 0 bridgehead atoms. The summed E-state index contributed by atoms with van der Waals surface area (Å²) >= 11 is 0. The van der Waals surface area contributed by atoms with Gasteiger partial charge in [-0.25, -0.2) is 4.79 Å². The van der Waals surface area contributed by atoms with Crippen molar-refractivity contribution >= 4 is 6.03 Å². The average molecular weight is 318 g/mol. The molecule has 3 rings (SSSR count). The lowest BCUT2D eigenvalue weighted by Crippen LogP contribution is -2.53. The molecule has 0 saturated carbocycles. The summed E-state index contributed by atoms with van der Waals surface area (Å²) in [4.78, 5) is 16.3. The lowest BCUT2D eigenvalue weighted by molar-refractivity contribution is 0.0263. The number of urea groups is 1. The fraction of sp³-hybridized carbons (Fsp3) is 0.611. The highest BCUT2D eigenvalue weighted by atomic mass is 16.5. The monoisotopic (exact) mass is 318 g/mol. The lowest BCUT2D eigenvalue weighted by Gasteiger charge is -2.39. The van der Waals surface area contributed by atoms with E-state index in [1.807, 2.05) is 4.90 Å². The van der Waals surface area contributed by atoms with Gasteiger partial charge in [0, 0.05) is 32.1 Å². The van der Waals surface area contributed by atoms with Crippen LogP contribution in [0.4, 0.5) is 4.79 Å². The highest BCUT2D eigenvalue weighted by molar-refractivity contribution is 5.75. The SMILES string of the molecule is CCc1ccc(C2CC(O)CN(C(=O)N3CCOCC3)C2)cc1. The molecule has 2 heterocycles. The fourth-order valence-electron chi connectivity index (χ4n) is 3.45. The van der Waals surface area contributed by atoms with Crippen LogP contribution < -0.4 is 0 Å². The molecule has 0 spiro atoms. The van der Waals surface area contributed by atoms with Gasteiger partial charge in [0.25, 0.3) is 0 Å². The van der Waals surface area contributed by atoms with Gasteiger partial charge >= 0.3 is 6.03 Å². The summed E-state index contributed by atoms with van der Waals surface area (Å²) in [6, 6.07) is 8.59. The van der Waals surface area contributed by atoms with Gasteiger partial charge in [0.1, 0.15) is 0 Å². The third-order valence-electron chi connectivity index (χ3n) is 4.84. The summed E-state index contributed by atoms with van der Waals surface area (Å²) in [6.45, 7) is 5.73. The maximum absolute atomic E-state index is 12.7. The first-order valence-electron chi connectivity index (χ1n) is 8.56. The molecule has 5 nitrogen and oxygen atoms in total. The van der Waals surface area contributed by atoms with E-state index in [0.717, 1.165) is 12.8 Å². The van der Waals surface area contributed by atoms with E-state index in [4.69, 9.17) is 4.74 Å². The average Bonchev–Trinajstić information content (AvgIpc) is 2.61. The van der Waals surface area contributed by atoms with Gasteiger partial charge in [-0.05, 0) is 24.0 Å². The molecular formula is C18H26N2O3. The largest absolute Gasteiger partial charge is 0.391 e. The zero-order valence-corrected chi connectivity index (χ0v) is 13.8. The Bertz CT molecular complexity index is 526. The number of β-amino-alcohol motifs (C(OH)–C–C–N with tert-alkyl or cyclic N) is 1. The number of rotatable bonds is 2. The second-order valence-electron chi connectivity index (χ2n) is 6.47. The predicted molar refractivity (Wildman–Crippen MR) is 88.5 cm³/mol. The van der Waals surface area contributed by atoms with Crippen molar-refractivity contribution in [2.45, 2.75) is 31.8 Å². The molecule has 2 fully saturated rings. The molecule has 1 aromatic carbocycles. The molecular weight excluding hydrogens is 292 g/mol. The summed E-state index contributed by atoms with van der Waals surface area (Å²) in [6.07, 6.45) is 1.29. The number of aryl methyl sites for hydroxylation is 1. The summed E-state index contributed by atoms with van der Waals surface area (Å²) in [7, 11) is 0. The lowest BCUT2D eigenvalue weighted by atomic mass is 9.88. The Labute approximate surface area is 137 Å².